The molecule has 1 amide bonds. The van der Waals surface area contributed by atoms with Crippen molar-refractivity contribution in [3.63, 3.8) is 0 Å². The van der Waals surface area contributed by atoms with Gasteiger partial charge in [-0.25, -0.2) is 9.18 Å². The number of nitrogens with one attached hydrogen (secondary N) is 1. The fourth-order valence-electron chi connectivity index (χ4n) is 2.07. The maximum absolute atomic E-state index is 13.8. The largest absolute Gasteiger partial charge is 0.447 e. The molecule has 2 rings (SSSR count). The van der Waals surface area contributed by atoms with Crippen LogP contribution in [0.5, 0.6) is 0 Å². The number of hydrogen-bond acceptors (Lipinski definition) is 4. The third kappa shape index (κ3) is 3.07. The Bertz CT molecular complexity index is 531. The molecule has 1 aliphatic rings. The van der Waals surface area contributed by atoms with E-state index in [2.05, 4.69) is 10.3 Å². The topological polar surface area (TPSA) is 53.9 Å². The Morgan fingerprint density at radius 1 is 1.50 bits per heavy atom. The third-order valence-electron chi connectivity index (χ3n) is 3.04. The molecule has 1 aliphatic heterocycles. The monoisotopic (exact) mass is 279 g/mol. The van der Waals surface area contributed by atoms with Gasteiger partial charge in [-0.05, 0) is 19.9 Å². The minimum absolute atomic E-state index is 0.204. The van der Waals surface area contributed by atoms with Crippen LogP contribution >= 0.6 is 0 Å². The Hall–Kier alpha value is -2.11. The molecular formula is C14H18FN3O2. The van der Waals surface area contributed by atoms with Crippen LogP contribution in [0.3, 0.4) is 0 Å². The number of likely N-dealkylation sites (N-methyl/N-ethyl adjacent to an activating group) is 1. The molecule has 1 N–H and O–H groups in total. The second-order valence-electron chi connectivity index (χ2n) is 4.89. The Labute approximate surface area is 117 Å². The zero-order valence-corrected chi connectivity index (χ0v) is 11.8. The quantitative estimate of drug-likeness (QED) is 0.903. The van der Waals surface area contributed by atoms with Gasteiger partial charge in [0.2, 0.25) is 5.96 Å². The predicted molar refractivity (Wildman–Crippen MR) is 74.0 cm³/mol. The number of rotatable bonds is 2. The van der Waals surface area contributed by atoms with Crippen molar-refractivity contribution in [2.75, 3.05) is 13.6 Å². The summed E-state index contributed by atoms with van der Waals surface area (Å²) in [5.74, 6) is 0.120. The highest BCUT2D eigenvalue weighted by molar-refractivity contribution is 5.95. The van der Waals surface area contributed by atoms with Crippen LogP contribution in [-0.2, 0) is 4.74 Å². The Balaban J connectivity index is 2.04. The lowest BCUT2D eigenvalue weighted by Gasteiger charge is -2.23. The van der Waals surface area contributed by atoms with Crippen LogP contribution in [0.1, 0.15) is 25.5 Å². The van der Waals surface area contributed by atoms with E-state index in [0.717, 1.165) is 0 Å². The number of ether oxygens (including phenoxy) is 1. The molecule has 0 aromatic heterocycles. The standard InChI is InChI=1S/C14H18FN3O2/c1-9(2)20-14(19)17-13-16-8-12(18(13)3)10-6-4-5-7-11(10)15/h4-7,9,12H,8H2,1-3H3,(H,16,17,19). The van der Waals surface area contributed by atoms with Gasteiger partial charge in [0, 0.05) is 12.6 Å². The van der Waals surface area contributed by atoms with Crippen LogP contribution in [0.25, 0.3) is 0 Å². The first-order valence-corrected chi connectivity index (χ1v) is 6.48. The molecule has 0 bridgehead atoms. The highest BCUT2D eigenvalue weighted by Crippen LogP contribution is 2.26. The van der Waals surface area contributed by atoms with Gasteiger partial charge in [-0.2, -0.15) is 0 Å². The number of aliphatic imine (C=N–C) groups is 1. The highest BCUT2D eigenvalue weighted by Gasteiger charge is 2.29. The van der Waals surface area contributed by atoms with E-state index in [-0.39, 0.29) is 18.0 Å². The van der Waals surface area contributed by atoms with E-state index in [1.54, 1.807) is 44.0 Å². The number of carbonyl (C=O) groups is 1. The van der Waals surface area contributed by atoms with Crippen molar-refractivity contribution in [1.29, 1.82) is 0 Å². The average Bonchev–Trinajstić information content (AvgIpc) is 2.71. The number of hydrogen-bond donors (Lipinski definition) is 1. The van der Waals surface area contributed by atoms with Crippen molar-refractivity contribution in [3.05, 3.63) is 35.6 Å². The van der Waals surface area contributed by atoms with E-state index in [0.29, 0.717) is 18.1 Å². The van der Waals surface area contributed by atoms with Crippen LogP contribution in [0.15, 0.2) is 29.3 Å². The van der Waals surface area contributed by atoms with Crippen LogP contribution in [-0.4, -0.2) is 36.6 Å². The Morgan fingerprint density at radius 3 is 2.85 bits per heavy atom. The molecule has 1 aromatic carbocycles. The van der Waals surface area contributed by atoms with Crippen molar-refractivity contribution in [1.82, 2.24) is 10.2 Å². The van der Waals surface area contributed by atoms with Crippen LogP contribution in [0.4, 0.5) is 9.18 Å². The van der Waals surface area contributed by atoms with Crippen LogP contribution in [0.2, 0.25) is 0 Å². The summed E-state index contributed by atoms with van der Waals surface area (Å²) in [5, 5.41) is 2.57. The van der Waals surface area contributed by atoms with Gasteiger partial charge in [-0.3, -0.25) is 10.3 Å². The van der Waals surface area contributed by atoms with E-state index >= 15 is 0 Å². The van der Waals surface area contributed by atoms with E-state index in [9.17, 15) is 9.18 Å². The third-order valence-corrected chi connectivity index (χ3v) is 3.04. The number of halogens is 1. The molecule has 1 unspecified atom stereocenters. The van der Waals surface area contributed by atoms with Gasteiger partial charge in [0.05, 0.1) is 18.7 Å². The second-order valence-corrected chi connectivity index (χ2v) is 4.89. The summed E-state index contributed by atoms with van der Waals surface area (Å²) in [5.41, 5.74) is 0.563. The van der Waals surface area contributed by atoms with Crippen LogP contribution in [0, 0.1) is 5.82 Å². The van der Waals surface area contributed by atoms with E-state index < -0.39 is 6.09 Å². The number of alkyl carbamates (subject to hydrolysis) is 1. The zero-order valence-electron chi connectivity index (χ0n) is 11.8. The molecule has 1 aromatic rings. The van der Waals surface area contributed by atoms with Gasteiger partial charge in [0.15, 0.2) is 0 Å². The maximum Gasteiger partial charge on any atom is 0.414 e. The number of nitrogens with zero attached hydrogens (tertiary/aromatic N) is 2. The molecule has 0 radical (unpaired) electrons. The molecule has 0 aliphatic carbocycles. The summed E-state index contributed by atoms with van der Waals surface area (Å²) in [6, 6.07) is 6.35. The number of amides is 1. The lowest BCUT2D eigenvalue weighted by atomic mass is 10.1. The summed E-state index contributed by atoms with van der Waals surface area (Å²) < 4.78 is 18.8. The number of carbonyl (C=O) groups excluding carboxylic acids is 1. The predicted octanol–water partition coefficient (Wildman–Crippen LogP) is 2.30. The summed E-state index contributed by atoms with van der Waals surface area (Å²) in [6.07, 6.45) is -0.760. The van der Waals surface area contributed by atoms with Gasteiger partial charge >= 0.3 is 6.09 Å². The van der Waals surface area contributed by atoms with Crippen molar-refractivity contribution >= 4 is 12.1 Å². The van der Waals surface area contributed by atoms with Crippen molar-refractivity contribution in [3.8, 4) is 0 Å². The van der Waals surface area contributed by atoms with Gasteiger partial charge in [-0.1, -0.05) is 18.2 Å². The molecule has 0 fully saturated rings. The van der Waals surface area contributed by atoms with Crippen molar-refractivity contribution in [2.24, 2.45) is 4.99 Å². The van der Waals surface area contributed by atoms with Crippen molar-refractivity contribution in [2.45, 2.75) is 26.0 Å². The van der Waals surface area contributed by atoms with E-state index in [1.807, 2.05) is 0 Å². The maximum atomic E-state index is 13.8. The summed E-state index contributed by atoms with van der Waals surface area (Å²) in [4.78, 5) is 17.5. The SMILES string of the molecule is CC(C)OC(=O)NC1=NCC(c2ccccc2F)N1C. The molecule has 5 nitrogen and oxygen atoms in total. The Morgan fingerprint density at radius 2 is 2.20 bits per heavy atom. The first-order chi connectivity index (χ1) is 9.49. The summed E-state index contributed by atoms with van der Waals surface area (Å²) >= 11 is 0. The van der Waals surface area contributed by atoms with Gasteiger partial charge in [0.1, 0.15) is 5.82 Å². The lowest BCUT2D eigenvalue weighted by molar-refractivity contribution is 0.119. The van der Waals surface area contributed by atoms with E-state index in [4.69, 9.17) is 4.74 Å². The lowest BCUT2D eigenvalue weighted by Crippen LogP contribution is -2.41. The second kappa shape index (κ2) is 5.90. The number of guanidine groups is 1. The minimum atomic E-state index is -0.556. The normalized spacial score (nSPS) is 18.1. The smallest absolute Gasteiger partial charge is 0.414 e. The van der Waals surface area contributed by atoms with Crippen molar-refractivity contribution < 1.29 is 13.9 Å². The van der Waals surface area contributed by atoms with E-state index in [1.165, 1.54) is 6.07 Å². The van der Waals surface area contributed by atoms with Gasteiger partial charge < -0.3 is 9.64 Å². The number of benzene rings is 1. The fourth-order valence-corrected chi connectivity index (χ4v) is 2.07. The molecule has 108 valence electrons. The molecule has 0 saturated heterocycles. The minimum Gasteiger partial charge on any atom is -0.447 e. The van der Waals surface area contributed by atoms with Crippen LogP contribution < -0.4 is 5.32 Å². The first kappa shape index (κ1) is 14.3. The summed E-state index contributed by atoms with van der Waals surface area (Å²) in [6.45, 7) is 3.93. The molecular weight excluding hydrogens is 261 g/mol. The molecule has 0 saturated carbocycles. The highest BCUT2D eigenvalue weighted by atomic mass is 19.1. The van der Waals surface area contributed by atoms with Gasteiger partial charge in [0.25, 0.3) is 0 Å². The Kier molecular flexibility index (Phi) is 4.22. The average molecular weight is 279 g/mol. The summed E-state index contributed by atoms with van der Waals surface area (Å²) in [7, 11) is 1.76. The first-order valence-electron chi connectivity index (χ1n) is 6.48. The zero-order chi connectivity index (χ0) is 14.7. The molecule has 0 spiro atoms. The fraction of sp³-hybridized carbons (Fsp3) is 0.429. The van der Waals surface area contributed by atoms with Gasteiger partial charge in [-0.15, -0.1) is 0 Å². The molecule has 6 heteroatoms. The molecule has 1 atom stereocenters. The molecule has 1 heterocycles. The molecule has 20 heavy (non-hydrogen) atoms.